The molecule has 0 bridgehead atoms. The standard InChI is InChI=1S/C14H19N3O4/c15-14(19)8-16(11-3-1-2-4-11)12-5-6-13(17(20)21)10(7-12)9-18/h5-7,11,18H,1-4,8-9H2,(H2,15,19). The van der Waals surface area contributed by atoms with E-state index in [2.05, 4.69) is 0 Å². The maximum absolute atomic E-state index is 11.3. The van der Waals surface area contributed by atoms with Gasteiger partial charge < -0.3 is 15.7 Å². The van der Waals surface area contributed by atoms with Crippen LogP contribution in [0.15, 0.2) is 18.2 Å². The third kappa shape index (κ3) is 3.49. The lowest BCUT2D eigenvalue weighted by Crippen LogP contribution is -2.40. The van der Waals surface area contributed by atoms with Crippen LogP contribution in [0, 0.1) is 10.1 Å². The summed E-state index contributed by atoms with van der Waals surface area (Å²) < 4.78 is 0. The van der Waals surface area contributed by atoms with Crippen molar-refractivity contribution in [2.45, 2.75) is 38.3 Å². The first kappa shape index (κ1) is 15.2. The van der Waals surface area contributed by atoms with Crippen LogP contribution in [0.3, 0.4) is 0 Å². The Bertz CT molecular complexity index is 541. The first-order valence-corrected chi connectivity index (χ1v) is 6.96. The van der Waals surface area contributed by atoms with Crippen molar-refractivity contribution >= 4 is 17.3 Å². The molecule has 0 atom stereocenters. The third-order valence-electron chi connectivity index (χ3n) is 3.85. The molecule has 7 heteroatoms. The normalized spacial score (nSPS) is 15.1. The van der Waals surface area contributed by atoms with Gasteiger partial charge in [-0.2, -0.15) is 0 Å². The molecule has 0 radical (unpaired) electrons. The molecule has 0 heterocycles. The molecular formula is C14H19N3O4. The number of nitrogens with two attached hydrogens (primary N) is 1. The molecule has 7 nitrogen and oxygen atoms in total. The number of nitro groups is 1. The number of rotatable bonds is 6. The van der Waals surface area contributed by atoms with Crippen molar-refractivity contribution in [3.8, 4) is 0 Å². The summed E-state index contributed by atoms with van der Waals surface area (Å²) in [5.74, 6) is -0.439. The van der Waals surface area contributed by atoms with Crippen molar-refractivity contribution in [1.29, 1.82) is 0 Å². The molecule has 1 aromatic rings. The molecular weight excluding hydrogens is 274 g/mol. The molecule has 0 aromatic heterocycles. The second-order valence-corrected chi connectivity index (χ2v) is 5.26. The summed E-state index contributed by atoms with van der Waals surface area (Å²) in [5, 5.41) is 20.2. The second kappa shape index (κ2) is 6.53. The molecule has 1 saturated carbocycles. The number of benzene rings is 1. The van der Waals surface area contributed by atoms with E-state index in [1.165, 1.54) is 6.07 Å². The van der Waals surface area contributed by atoms with Gasteiger partial charge in [-0.1, -0.05) is 12.8 Å². The monoisotopic (exact) mass is 293 g/mol. The average Bonchev–Trinajstić information content (AvgIpc) is 2.97. The van der Waals surface area contributed by atoms with Crippen molar-refractivity contribution in [1.82, 2.24) is 0 Å². The maximum Gasteiger partial charge on any atom is 0.275 e. The molecule has 0 unspecified atom stereocenters. The highest BCUT2D eigenvalue weighted by atomic mass is 16.6. The van der Waals surface area contributed by atoms with Gasteiger partial charge in [-0.15, -0.1) is 0 Å². The Balaban J connectivity index is 2.34. The Morgan fingerprint density at radius 2 is 2.10 bits per heavy atom. The topological polar surface area (TPSA) is 110 Å². The first-order chi connectivity index (χ1) is 10.0. The Morgan fingerprint density at radius 3 is 2.62 bits per heavy atom. The van der Waals surface area contributed by atoms with Crippen LogP contribution in [-0.2, 0) is 11.4 Å². The van der Waals surface area contributed by atoms with Crippen LogP contribution < -0.4 is 10.6 Å². The van der Waals surface area contributed by atoms with Gasteiger partial charge >= 0.3 is 0 Å². The number of hydrogen-bond donors (Lipinski definition) is 2. The lowest BCUT2D eigenvalue weighted by atomic mass is 10.1. The summed E-state index contributed by atoms with van der Waals surface area (Å²) in [7, 11) is 0. The molecule has 1 amide bonds. The number of nitro benzene ring substituents is 1. The SMILES string of the molecule is NC(=O)CN(c1ccc([N+](=O)[O-])c(CO)c1)C1CCCC1. The smallest absolute Gasteiger partial charge is 0.275 e. The van der Waals surface area contributed by atoms with E-state index in [0.717, 1.165) is 25.7 Å². The van der Waals surface area contributed by atoms with E-state index in [1.54, 1.807) is 12.1 Å². The van der Waals surface area contributed by atoms with E-state index in [0.29, 0.717) is 5.69 Å². The highest BCUT2D eigenvalue weighted by Crippen LogP contribution is 2.31. The third-order valence-corrected chi connectivity index (χ3v) is 3.85. The summed E-state index contributed by atoms with van der Waals surface area (Å²) in [5.41, 5.74) is 6.12. The fourth-order valence-electron chi connectivity index (χ4n) is 2.87. The van der Waals surface area contributed by atoms with E-state index in [1.807, 2.05) is 4.90 Å². The van der Waals surface area contributed by atoms with Crippen LogP contribution >= 0.6 is 0 Å². The highest BCUT2D eigenvalue weighted by Gasteiger charge is 2.25. The molecule has 21 heavy (non-hydrogen) atoms. The van der Waals surface area contributed by atoms with Crippen LogP contribution in [0.5, 0.6) is 0 Å². The molecule has 114 valence electrons. The molecule has 0 saturated heterocycles. The number of aliphatic hydroxyl groups excluding tert-OH is 1. The number of carbonyl (C=O) groups excluding carboxylic acids is 1. The van der Waals surface area contributed by atoms with Gasteiger partial charge in [0.1, 0.15) is 0 Å². The van der Waals surface area contributed by atoms with Gasteiger partial charge in [-0.25, -0.2) is 0 Å². The Labute approximate surface area is 122 Å². The van der Waals surface area contributed by atoms with Crippen molar-refractivity contribution < 1.29 is 14.8 Å². The molecule has 3 N–H and O–H groups in total. The lowest BCUT2D eigenvalue weighted by molar-refractivity contribution is -0.385. The largest absolute Gasteiger partial charge is 0.391 e. The van der Waals surface area contributed by atoms with Crippen LogP contribution in [-0.4, -0.2) is 28.5 Å². The summed E-state index contributed by atoms with van der Waals surface area (Å²) >= 11 is 0. The minimum atomic E-state index is -0.524. The molecule has 0 spiro atoms. The predicted molar refractivity (Wildman–Crippen MR) is 77.8 cm³/mol. The van der Waals surface area contributed by atoms with Crippen LogP contribution in [0.25, 0.3) is 0 Å². The highest BCUT2D eigenvalue weighted by molar-refractivity contribution is 5.80. The van der Waals surface area contributed by atoms with E-state index < -0.39 is 17.4 Å². The van der Waals surface area contributed by atoms with Crippen LogP contribution in [0.1, 0.15) is 31.2 Å². The second-order valence-electron chi connectivity index (χ2n) is 5.26. The summed E-state index contributed by atoms with van der Waals surface area (Å²) in [4.78, 5) is 23.6. The van der Waals surface area contributed by atoms with Gasteiger partial charge in [0, 0.05) is 17.8 Å². The molecule has 0 aliphatic heterocycles. The minimum absolute atomic E-state index is 0.0767. The maximum atomic E-state index is 11.3. The number of primary amides is 1. The fourth-order valence-corrected chi connectivity index (χ4v) is 2.87. The van der Waals surface area contributed by atoms with E-state index in [9.17, 15) is 20.0 Å². The van der Waals surface area contributed by atoms with Gasteiger partial charge in [0.2, 0.25) is 5.91 Å². The number of aliphatic hydroxyl groups is 1. The van der Waals surface area contributed by atoms with Gasteiger partial charge in [-0.3, -0.25) is 14.9 Å². The van der Waals surface area contributed by atoms with Crippen molar-refractivity contribution in [2.75, 3.05) is 11.4 Å². The Morgan fingerprint density at radius 1 is 1.43 bits per heavy atom. The van der Waals surface area contributed by atoms with E-state index >= 15 is 0 Å². The van der Waals surface area contributed by atoms with Crippen LogP contribution in [0.2, 0.25) is 0 Å². The van der Waals surface area contributed by atoms with Gasteiger partial charge in [0.15, 0.2) is 0 Å². The van der Waals surface area contributed by atoms with Crippen molar-refractivity contribution in [3.05, 3.63) is 33.9 Å². The molecule has 1 aliphatic carbocycles. The summed E-state index contributed by atoms with van der Waals surface area (Å²) in [6.45, 7) is -0.341. The molecule has 1 aromatic carbocycles. The Hall–Kier alpha value is -2.15. The fraction of sp³-hybridized carbons (Fsp3) is 0.500. The zero-order chi connectivity index (χ0) is 15.4. The number of carbonyl (C=O) groups is 1. The number of amides is 1. The van der Waals surface area contributed by atoms with E-state index in [4.69, 9.17) is 5.73 Å². The number of hydrogen-bond acceptors (Lipinski definition) is 5. The first-order valence-electron chi connectivity index (χ1n) is 6.96. The lowest BCUT2D eigenvalue weighted by Gasteiger charge is -2.30. The van der Waals surface area contributed by atoms with Crippen LogP contribution in [0.4, 0.5) is 11.4 Å². The summed E-state index contributed by atoms with van der Waals surface area (Å²) in [6.07, 6.45) is 4.14. The Kier molecular flexibility index (Phi) is 4.74. The molecule has 1 fully saturated rings. The van der Waals surface area contributed by atoms with Crippen molar-refractivity contribution in [3.63, 3.8) is 0 Å². The average molecular weight is 293 g/mol. The van der Waals surface area contributed by atoms with E-state index in [-0.39, 0.29) is 23.8 Å². The van der Waals surface area contributed by atoms with Gasteiger partial charge in [0.05, 0.1) is 23.6 Å². The zero-order valence-corrected chi connectivity index (χ0v) is 11.7. The van der Waals surface area contributed by atoms with Gasteiger partial charge in [-0.05, 0) is 25.0 Å². The zero-order valence-electron chi connectivity index (χ0n) is 11.7. The predicted octanol–water partition coefficient (Wildman–Crippen LogP) is 1.32. The quantitative estimate of drug-likeness (QED) is 0.607. The molecule has 2 rings (SSSR count). The summed E-state index contributed by atoms with van der Waals surface area (Å²) in [6, 6.07) is 4.76. The number of nitrogens with zero attached hydrogens (tertiary/aromatic N) is 2. The molecule has 1 aliphatic rings. The minimum Gasteiger partial charge on any atom is -0.391 e. The number of anilines is 1. The van der Waals surface area contributed by atoms with Gasteiger partial charge in [0.25, 0.3) is 5.69 Å². The van der Waals surface area contributed by atoms with Crippen molar-refractivity contribution in [2.24, 2.45) is 5.73 Å².